The molecule has 3 aromatic rings. The van der Waals surface area contributed by atoms with Crippen molar-refractivity contribution in [2.45, 2.75) is 50.0 Å². The van der Waals surface area contributed by atoms with Gasteiger partial charge in [0.2, 0.25) is 0 Å². The third-order valence-corrected chi connectivity index (χ3v) is 9.03. The number of carbonyl (C=O) groups excluding carboxylic acids is 3. The van der Waals surface area contributed by atoms with Crippen LogP contribution in [0, 0.1) is 17.1 Å². The van der Waals surface area contributed by atoms with Gasteiger partial charge in [0, 0.05) is 56.4 Å². The summed E-state index contributed by atoms with van der Waals surface area (Å²) in [7, 11) is 0. The fourth-order valence-electron chi connectivity index (χ4n) is 6.66. The lowest BCUT2D eigenvalue weighted by atomic mass is 9.80. The molecule has 15 heteroatoms. The number of nitrogens with one attached hydrogen (secondary N) is 2. The first-order valence-corrected chi connectivity index (χ1v) is 15.7. The van der Waals surface area contributed by atoms with E-state index in [0.29, 0.717) is 55.6 Å². The number of aromatic nitrogens is 2. The van der Waals surface area contributed by atoms with E-state index in [-0.39, 0.29) is 36.9 Å². The lowest BCUT2D eigenvalue weighted by Gasteiger charge is -2.39. The lowest BCUT2D eigenvalue weighted by molar-refractivity contribution is -0.137. The largest absolute Gasteiger partial charge is 0.416 e. The molecule has 0 aliphatic carbocycles. The number of nitriles is 1. The molecule has 6 rings (SSSR count). The Balaban J connectivity index is 1.54. The molecule has 3 amide bonds. The van der Waals surface area contributed by atoms with Crippen molar-refractivity contribution in [3.8, 4) is 6.07 Å². The van der Waals surface area contributed by atoms with Gasteiger partial charge >= 0.3 is 6.18 Å². The Hall–Kier alpha value is -4.81. The van der Waals surface area contributed by atoms with E-state index in [9.17, 15) is 37.2 Å². The SMILES string of the molecule is CCN1C(=O)[C@@H](NC(=O)c2cccc(C(F)(F)F)c2)[C@@H](c2ccc(F)cc2)c2c(C(=O)N3CCNC[C@@H]3C#N)nn(C3CCOCC3)c21. The average molecular weight is 668 g/mol. The van der Waals surface area contributed by atoms with Crippen LogP contribution in [0.1, 0.15) is 69.3 Å². The summed E-state index contributed by atoms with van der Waals surface area (Å²) in [6.45, 7) is 3.56. The Morgan fingerprint density at radius 1 is 1.15 bits per heavy atom. The van der Waals surface area contributed by atoms with Gasteiger partial charge in [-0.2, -0.15) is 23.5 Å². The standard InChI is InChI=1S/C33H33F4N7O4/c1-2-42-30-26(28(41-44(30)23-10-14-48-15-11-23)32(47)43-13-12-39-18-24(43)17-38)25(19-6-8-22(34)9-7-19)27(31(42)46)40-29(45)20-4-3-5-21(16-20)33(35,36)37/h3-9,16,23-25,27,39H,2,10-15,18H2,1H3,(H,40,45)/t24-,25-,27-/m0/s1. The number of piperazine rings is 1. The average Bonchev–Trinajstić information content (AvgIpc) is 3.48. The van der Waals surface area contributed by atoms with E-state index in [2.05, 4.69) is 16.7 Å². The van der Waals surface area contributed by atoms with Gasteiger partial charge in [0.15, 0.2) is 5.69 Å². The van der Waals surface area contributed by atoms with Crippen LogP contribution in [0.5, 0.6) is 0 Å². The second kappa shape index (κ2) is 13.4. The number of amides is 3. The van der Waals surface area contributed by atoms with Gasteiger partial charge in [-0.1, -0.05) is 18.2 Å². The van der Waals surface area contributed by atoms with Crippen molar-refractivity contribution in [3.63, 3.8) is 0 Å². The van der Waals surface area contributed by atoms with Crippen LogP contribution in [0.4, 0.5) is 23.4 Å². The Morgan fingerprint density at radius 2 is 1.88 bits per heavy atom. The second-order valence-corrected chi connectivity index (χ2v) is 11.9. The van der Waals surface area contributed by atoms with Crippen LogP contribution in [0.15, 0.2) is 48.5 Å². The number of benzene rings is 2. The summed E-state index contributed by atoms with van der Waals surface area (Å²) in [6, 6.07) is 8.75. The molecule has 252 valence electrons. The summed E-state index contributed by atoms with van der Waals surface area (Å²) in [5.74, 6) is -3.40. The zero-order valence-electron chi connectivity index (χ0n) is 26.0. The molecule has 2 N–H and O–H groups in total. The normalized spacial score (nSPS) is 21.8. The predicted molar refractivity (Wildman–Crippen MR) is 164 cm³/mol. The Labute approximate surface area is 273 Å². The number of hydrogen-bond acceptors (Lipinski definition) is 7. The van der Waals surface area contributed by atoms with E-state index in [1.165, 1.54) is 40.1 Å². The van der Waals surface area contributed by atoms with E-state index in [0.717, 1.165) is 12.1 Å². The highest BCUT2D eigenvalue weighted by Gasteiger charge is 2.48. The van der Waals surface area contributed by atoms with Crippen LogP contribution in [0.3, 0.4) is 0 Å². The number of nitrogens with zero attached hydrogens (tertiary/aromatic N) is 5. The summed E-state index contributed by atoms with van der Waals surface area (Å²) in [6.07, 6.45) is -3.63. The number of likely N-dealkylation sites (N-methyl/N-ethyl adjacent to an activating group) is 1. The molecule has 0 bridgehead atoms. The molecule has 0 saturated carbocycles. The van der Waals surface area contributed by atoms with Crippen molar-refractivity contribution in [2.75, 3.05) is 44.3 Å². The number of fused-ring (bicyclic) bond motifs is 1. The third kappa shape index (κ3) is 6.13. The number of anilines is 1. The Kier molecular flexibility index (Phi) is 9.22. The van der Waals surface area contributed by atoms with Crippen LogP contribution in [-0.2, 0) is 15.7 Å². The molecule has 1 aromatic heterocycles. The van der Waals surface area contributed by atoms with Crippen LogP contribution < -0.4 is 15.5 Å². The van der Waals surface area contributed by atoms with Crippen molar-refractivity contribution < 1.29 is 36.7 Å². The highest BCUT2D eigenvalue weighted by atomic mass is 19.4. The van der Waals surface area contributed by atoms with Crippen molar-refractivity contribution >= 4 is 23.5 Å². The van der Waals surface area contributed by atoms with Crippen molar-refractivity contribution in [1.82, 2.24) is 25.3 Å². The molecule has 0 spiro atoms. The third-order valence-electron chi connectivity index (χ3n) is 9.03. The van der Waals surface area contributed by atoms with E-state index < -0.39 is 53.3 Å². The van der Waals surface area contributed by atoms with Crippen LogP contribution in [0.2, 0.25) is 0 Å². The van der Waals surface area contributed by atoms with Gasteiger partial charge < -0.3 is 20.3 Å². The summed E-state index contributed by atoms with van der Waals surface area (Å²) < 4.78 is 62.0. The number of alkyl halides is 3. The minimum absolute atomic E-state index is 0.0303. The fraction of sp³-hybridized carbons (Fsp3) is 0.424. The molecule has 3 aliphatic heterocycles. The number of hydrogen-bond donors (Lipinski definition) is 2. The van der Waals surface area contributed by atoms with Gasteiger partial charge in [-0.15, -0.1) is 0 Å². The molecule has 4 heterocycles. The minimum Gasteiger partial charge on any atom is -0.381 e. The predicted octanol–water partition coefficient (Wildman–Crippen LogP) is 3.63. The second-order valence-electron chi connectivity index (χ2n) is 11.9. The van der Waals surface area contributed by atoms with Crippen LogP contribution in [-0.4, -0.2) is 83.9 Å². The highest BCUT2D eigenvalue weighted by molar-refractivity contribution is 6.07. The summed E-state index contributed by atoms with van der Waals surface area (Å²) in [5.41, 5.74) is -0.724. The van der Waals surface area contributed by atoms with Gasteiger partial charge in [-0.05, 0) is 55.7 Å². The van der Waals surface area contributed by atoms with Gasteiger partial charge in [-0.25, -0.2) is 9.07 Å². The molecule has 0 unspecified atom stereocenters. The zero-order valence-corrected chi connectivity index (χ0v) is 26.0. The zero-order chi connectivity index (χ0) is 34.2. The molecular weight excluding hydrogens is 634 g/mol. The molecule has 3 aliphatic rings. The molecule has 2 aromatic carbocycles. The van der Waals surface area contributed by atoms with E-state index in [1.54, 1.807) is 11.6 Å². The Morgan fingerprint density at radius 3 is 2.54 bits per heavy atom. The molecule has 11 nitrogen and oxygen atoms in total. The maximum atomic E-state index is 14.4. The van der Waals surface area contributed by atoms with Gasteiger partial charge in [0.1, 0.15) is 23.7 Å². The first kappa shape index (κ1) is 33.1. The maximum Gasteiger partial charge on any atom is 0.416 e. The Bertz CT molecular complexity index is 1750. The molecule has 2 fully saturated rings. The summed E-state index contributed by atoms with van der Waals surface area (Å²) >= 11 is 0. The van der Waals surface area contributed by atoms with Crippen molar-refractivity contribution in [1.29, 1.82) is 5.26 Å². The summed E-state index contributed by atoms with van der Waals surface area (Å²) in [4.78, 5) is 45.3. The highest BCUT2D eigenvalue weighted by Crippen LogP contribution is 2.45. The molecule has 2 saturated heterocycles. The van der Waals surface area contributed by atoms with E-state index in [4.69, 9.17) is 9.84 Å². The molecule has 48 heavy (non-hydrogen) atoms. The van der Waals surface area contributed by atoms with E-state index >= 15 is 0 Å². The smallest absolute Gasteiger partial charge is 0.381 e. The number of halogens is 4. The number of ether oxygens (including phenoxy) is 1. The first-order chi connectivity index (χ1) is 23.0. The maximum absolute atomic E-state index is 14.4. The van der Waals surface area contributed by atoms with Gasteiger partial charge in [0.05, 0.1) is 17.7 Å². The number of carbonyl (C=O) groups is 3. The minimum atomic E-state index is -4.71. The number of rotatable bonds is 6. The van der Waals surface area contributed by atoms with E-state index in [1.807, 2.05) is 0 Å². The molecular formula is C33H33F4N7O4. The monoisotopic (exact) mass is 667 g/mol. The first-order valence-electron chi connectivity index (χ1n) is 15.7. The van der Waals surface area contributed by atoms with Gasteiger partial charge in [-0.3, -0.25) is 19.3 Å². The fourth-order valence-corrected chi connectivity index (χ4v) is 6.66. The van der Waals surface area contributed by atoms with Crippen molar-refractivity contribution in [2.24, 2.45) is 0 Å². The summed E-state index contributed by atoms with van der Waals surface area (Å²) in [5, 5.41) is 20.4. The van der Waals surface area contributed by atoms with Gasteiger partial charge in [0.25, 0.3) is 17.7 Å². The topological polar surface area (TPSA) is 133 Å². The van der Waals surface area contributed by atoms with Crippen LogP contribution >= 0.6 is 0 Å². The molecule has 3 atom stereocenters. The van der Waals surface area contributed by atoms with Crippen molar-refractivity contribution in [3.05, 3.63) is 82.3 Å². The lowest BCUT2D eigenvalue weighted by Crippen LogP contribution is -2.56. The van der Waals surface area contributed by atoms with Crippen LogP contribution in [0.25, 0.3) is 0 Å². The quantitative estimate of drug-likeness (QED) is 0.384. The molecule has 0 radical (unpaired) electrons.